The first-order valence-electron chi connectivity index (χ1n) is 6.32. The van der Waals surface area contributed by atoms with E-state index >= 15 is 0 Å². The standard InChI is InChI=1S/C12H20N2O3S/c1-9-2-4-10(5-3-9)14-18(16,17)12-6-11(8-15)13-7-12/h6-7,9-10,13-15H,2-5,8H2,1H3. The third-order valence-electron chi connectivity index (χ3n) is 3.53. The van der Waals surface area contributed by atoms with Crippen molar-refractivity contribution in [1.29, 1.82) is 0 Å². The highest BCUT2D eigenvalue weighted by Gasteiger charge is 2.24. The molecule has 6 heteroatoms. The molecule has 0 radical (unpaired) electrons. The van der Waals surface area contributed by atoms with E-state index in [1.807, 2.05) is 0 Å². The van der Waals surface area contributed by atoms with Crippen molar-refractivity contribution in [3.05, 3.63) is 18.0 Å². The van der Waals surface area contributed by atoms with Crippen LogP contribution in [0.3, 0.4) is 0 Å². The van der Waals surface area contributed by atoms with Gasteiger partial charge in [-0.05, 0) is 37.7 Å². The van der Waals surface area contributed by atoms with Gasteiger partial charge in [0.25, 0.3) is 0 Å². The van der Waals surface area contributed by atoms with E-state index in [4.69, 9.17) is 5.11 Å². The van der Waals surface area contributed by atoms with Gasteiger partial charge in [-0.15, -0.1) is 0 Å². The summed E-state index contributed by atoms with van der Waals surface area (Å²) in [7, 11) is -3.46. The molecule has 0 atom stereocenters. The fraction of sp³-hybridized carbons (Fsp3) is 0.667. The number of hydrogen-bond acceptors (Lipinski definition) is 3. The number of sulfonamides is 1. The van der Waals surface area contributed by atoms with Crippen LogP contribution in [0.1, 0.15) is 38.3 Å². The zero-order chi connectivity index (χ0) is 13.2. The van der Waals surface area contributed by atoms with Gasteiger partial charge < -0.3 is 10.1 Å². The molecule has 0 aliphatic heterocycles. The Kier molecular flexibility index (Phi) is 4.09. The van der Waals surface area contributed by atoms with Gasteiger partial charge in [0.1, 0.15) is 0 Å². The maximum Gasteiger partial charge on any atom is 0.242 e. The zero-order valence-electron chi connectivity index (χ0n) is 10.5. The number of hydrogen-bond donors (Lipinski definition) is 3. The lowest BCUT2D eigenvalue weighted by molar-refractivity contribution is 0.277. The van der Waals surface area contributed by atoms with Crippen molar-refractivity contribution in [3.63, 3.8) is 0 Å². The molecule has 1 fully saturated rings. The lowest BCUT2D eigenvalue weighted by atomic mass is 9.88. The van der Waals surface area contributed by atoms with Crippen LogP contribution < -0.4 is 4.72 Å². The summed E-state index contributed by atoms with van der Waals surface area (Å²) in [6.07, 6.45) is 5.36. The minimum atomic E-state index is -3.46. The quantitative estimate of drug-likeness (QED) is 0.774. The molecule has 1 aliphatic rings. The van der Waals surface area contributed by atoms with Crippen LogP contribution in [-0.2, 0) is 16.6 Å². The van der Waals surface area contributed by atoms with Crippen molar-refractivity contribution >= 4 is 10.0 Å². The summed E-state index contributed by atoms with van der Waals surface area (Å²) in [5.74, 6) is 0.694. The molecule has 0 spiro atoms. The van der Waals surface area contributed by atoms with Crippen LogP contribution >= 0.6 is 0 Å². The molecule has 1 saturated carbocycles. The van der Waals surface area contributed by atoms with E-state index in [9.17, 15) is 8.42 Å². The van der Waals surface area contributed by atoms with E-state index in [1.165, 1.54) is 12.3 Å². The van der Waals surface area contributed by atoms with Gasteiger partial charge in [-0.25, -0.2) is 13.1 Å². The predicted octanol–water partition coefficient (Wildman–Crippen LogP) is 1.36. The lowest BCUT2D eigenvalue weighted by Crippen LogP contribution is -2.37. The number of nitrogens with one attached hydrogen (secondary N) is 2. The third-order valence-corrected chi connectivity index (χ3v) is 5.03. The Balaban J connectivity index is 2.03. The molecule has 0 aromatic carbocycles. The van der Waals surface area contributed by atoms with Gasteiger partial charge in [-0.3, -0.25) is 0 Å². The Morgan fingerprint density at radius 1 is 1.39 bits per heavy atom. The summed E-state index contributed by atoms with van der Waals surface area (Å²) in [5, 5.41) is 8.92. The van der Waals surface area contributed by atoms with Gasteiger partial charge in [0.05, 0.1) is 11.5 Å². The fourth-order valence-electron chi connectivity index (χ4n) is 2.33. The molecular weight excluding hydrogens is 252 g/mol. The molecule has 5 nitrogen and oxygen atoms in total. The topological polar surface area (TPSA) is 82.2 Å². The molecule has 3 N–H and O–H groups in total. The highest BCUT2D eigenvalue weighted by atomic mass is 32.2. The van der Waals surface area contributed by atoms with Crippen molar-refractivity contribution in [2.75, 3.05) is 0 Å². The number of rotatable bonds is 4. The number of aliphatic hydroxyl groups is 1. The van der Waals surface area contributed by atoms with Crippen LogP contribution in [0, 0.1) is 5.92 Å². The summed E-state index contributed by atoms with van der Waals surface area (Å²) in [6.45, 7) is 2.01. The summed E-state index contributed by atoms with van der Waals surface area (Å²) in [6, 6.07) is 1.51. The third kappa shape index (κ3) is 3.13. The summed E-state index contributed by atoms with van der Waals surface area (Å²) < 4.78 is 26.9. The van der Waals surface area contributed by atoms with Crippen molar-refractivity contribution in [2.24, 2.45) is 5.92 Å². The number of aromatic nitrogens is 1. The number of aromatic amines is 1. The van der Waals surface area contributed by atoms with E-state index in [1.54, 1.807) is 0 Å². The monoisotopic (exact) mass is 272 g/mol. The first kappa shape index (κ1) is 13.6. The molecule has 0 saturated heterocycles. The van der Waals surface area contributed by atoms with Crippen LogP contribution in [-0.4, -0.2) is 24.6 Å². The van der Waals surface area contributed by atoms with Gasteiger partial charge in [0, 0.05) is 17.9 Å². The van der Waals surface area contributed by atoms with Gasteiger partial charge in [0.2, 0.25) is 10.0 Å². The lowest BCUT2D eigenvalue weighted by Gasteiger charge is -2.26. The van der Waals surface area contributed by atoms with E-state index < -0.39 is 10.0 Å². The van der Waals surface area contributed by atoms with Gasteiger partial charge in [0.15, 0.2) is 0 Å². The maximum absolute atomic E-state index is 12.1. The fourth-order valence-corrected chi connectivity index (χ4v) is 3.65. The molecule has 1 aliphatic carbocycles. The summed E-state index contributed by atoms with van der Waals surface area (Å²) in [5.41, 5.74) is 0.507. The SMILES string of the molecule is CC1CCC(NS(=O)(=O)c2c[nH]c(CO)c2)CC1. The minimum absolute atomic E-state index is 0.0404. The van der Waals surface area contributed by atoms with Gasteiger partial charge >= 0.3 is 0 Å². The number of aliphatic hydroxyl groups excluding tert-OH is 1. The summed E-state index contributed by atoms with van der Waals surface area (Å²) >= 11 is 0. The Morgan fingerprint density at radius 2 is 2.06 bits per heavy atom. The van der Waals surface area contributed by atoms with Crippen molar-refractivity contribution in [1.82, 2.24) is 9.71 Å². The van der Waals surface area contributed by atoms with Crippen LogP contribution in [0.5, 0.6) is 0 Å². The normalized spacial score (nSPS) is 25.2. The Hall–Kier alpha value is -0.850. The first-order valence-corrected chi connectivity index (χ1v) is 7.80. The highest BCUT2D eigenvalue weighted by molar-refractivity contribution is 7.89. The Morgan fingerprint density at radius 3 is 2.61 bits per heavy atom. The molecule has 2 rings (SSSR count). The van der Waals surface area contributed by atoms with Crippen molar-refractivity contribution in [3.8, 4) is 0 Å². The van der Waals surface area contributed by atoms with Crippen LogP contribution in [0.15, 0.2) is 17.2 Å². The summed E-state index contributed by atoms with van der Waals surface area (Å²) in [4.78, 5) is 2.94. The zero-order valence-corrected chi connectivity index (χ0v) is 11.3. The van der Waals surface area contributed by atoms with Crippen molar-refractivity contribution in [2.45, 2.75) is 50.2 Å². The first-order chi connectivity index (χ1) is 8.51. The number of H-pyrrole nitrogens is 1. The molecule has 1 aromatic rings. The van der Waals surface area contributed by atoms with E-state index in [0.717, 1.165) is 25.7 Å². The molecule has 18 heavy (non-hydrogen) atoms. The second-order valence-electron chi connectivity index (χ2n) is 5.10. The Bertz CT molecular complexity index is 487. The molecule has 102 valence electrons. The largest absolute Gasteiger partial charge is 0.390 e. The molecule has 1 aromatic heterocycles. The predicted molar refractivity (Wildman–Crippen MR) is 68.5 cm³/mol. The average molecular weight is 272 g/mol. The second-order valence-corrected chi connectivity index (χ2v) is 6.81. The van der Waals surface area contributed by atoms with Gasteiger partial charge in [-0.1, -0.05) is 6.92 Å². The Labute approximate surface area is 108 Å². The molecule has 0 unspecified atom stereocenters. The van der Waals surface area contributed by atoms with Crippen LogP contribution in [0.4, 0.5) is 0 Å². The van der Waals surface area contributed by atoms with Crippen molar-refractivity contribution < 1.29 is 13.5 Å². The van der Waals surface area contributed by atoms with Crippen LogP contribution in [0.2, 0.25) is 0 Å². The van der Waals surface area contributed by atoms with E-state index in [2.05, 4.69) is 16.6 Å². The van der Waals surface area contributed by atoms with Gasteiger partial charge in [-0.2, -0.15) is 0 Å². The van der Waals surface area contributed by atoms with Crippen LogP contribution in [0.25, 0.3) is 0 Å². The highest BCUT2D eigenvalue weighted by Crippen LogP contribution is 2.24. The minimum Gasteiger partial charge on any atom is -0.390 e. The smallest absolute Gasteiger partial charge is 0.242 e. The maximum atomic E-state index is 12.1. The molecule has 0 bridgehead atoms. The second kappa shape index (κ2) is 5.42. The molecule has 0 amide bonds. The van der Waals surface area contributed by atoms with E-state index in [0.29, 0.717) is 11.6 Å². The molecular formula is C12H20N2O3S. The molecule has 1 heterocycles. The van der Waals surface area contributed by atoms with E-state index in [-0.39, 0.29) is 17.5 Å². The average Bonchev–Trinajstić information content (AvgIpc) is 2.81.